The van der Waals surface area contributed by atoms with Crippen molar-refractivity contribution in [1.82, 2.24) is 14.9 Å². The van der Waals surface area contributed by atoms with Crippen molar-refractivity contribution in [2.24, 2.45) is 11.8 Å². The summed E-state index contributed by atoms with van der Waals surface area (Å²) < 4.78 is 26.1. The van der Waals surface area contributed by atoms with Crippen LogP contribution in [0.2, 0.25) is 0 Å². The second kappa shape index (κ2) is 7.70. The third kappa shape index (κ3) is 4.49. The number of carbonyl (C=O) groups excluding carboxylic acids is 1. The van der Waals surface area contributed by atoms with E-state index in [1.165, 1.54) is 12.8 Å². The zero-order valence-corrected chi connectivity index (χ0v) is 15.5. The summed E-state index contributed by atoms with van der Waals surface area (Å²) >= 11 is 0. The second-order valence-electron chi connectivity index (χ2n) is 7.77. The van der Waals surface area contributed by atoms with Gasteiger partial charge in [-0.3, -0.25) is 4.79 Å². The topological polar surface area (TPSA) is 78.5 Å². The molecule has 2 heterocycles. The smallest absolute Gasteiger partial charge is 0.220 e. The lowest BCUT2D eigenvalue weighted by Crippen LogP contribution is -2.47. The number of nitrogens with zero attached hydrogens (tertiary/aromatic N) is 1. The lowest BCUT2D eigenvalue weighted by atomic mass is 9.85. The Kier molecular flexibility index (Phi) is 5.82. The predicted molar refractivity (Wildman–Crippen MR) is 94.1 cm³/mol. The fourth-order valence-electron chi connectivity index (χ4n) is 3.94. The van der Waals surface area contributed by atoms with Crippen LogP contribution >= 0.6 is 0 Å². The highest BCUT2D eigenvalue weighted by Gasteiger charge is 2.41. The molecule has 2 saturated heterocycles. The average molecular weight is 358 g/mol. The third-order valence-electron chi connectivity index (χ3n) is 5.77. The molecule has 3 aliphatic rings. The monoisotopic (exact) mass is 357 g/mol. The molecule has 0 radical (unpaired) electrons. The Balaban J connectivity index is 1.40. The number of rotatable bonds is 6. The maximum absolute atomic E-state index is 12.3. The first-order valence-corrected chi connectivity index (χ1v) is 11.0. The lowest BCUT2D eigenvalue weighted by Gasteiger charge is -2.32. The van der Waals surface area contributed by atoms with Crippen LogP contribution in [0.15, 0.2) is 0 Å². The van der Waals surface area contributed by atoms with E-state index in [1.54, 1.807) is 4.31 Å². The molecule has 1 amide bonds. The van der Waals surface area contributed by atoms with Crippen molar-refractivity contribution in [3.8, 4) is 0 Å². The Morgan fingerprint density at radius 1 is 1.21 bits per heavy atom. The number of piperidine rings is 2. The summed E-state index contributed by atoms with van der Waals surface area (Å²) in [6, 6.07) is 0.125. The zero-order valence-electron chi connectivity index (χ0n) is 14.7. The first kappa shape index (κ1) is 18.1. The van der Waals surface area contributed by atoms with Gasteiger partial charge in [0.1, 0.15) is 0 Å². The molecule has 0 bridgehead atoms. The van der Waals surface area contributed by atoms with Gasteiger partial charge in [-0.2, -0.15) is 0 Å². The van der Waals surface area contributed by atoms with Crippen LogP contribution < -0.4 is 10.6 Å². The number of amides is 1. The fourth-order valence-corrected chi connectivity index (χ4v) is 5.81. The van der Waals surface area contributed by atoms with E-state index < -0.39 is 10.0 Å². The second-order valence-corrected chi connectivity index (χ2v) is 9.99. The first-order chi connectivity index (χ1) is 11.5. The minimum absolute atomic E-state index is 0.122. The van der Waals surface area contributed by atoms with Gasteiger partial charge in [0.25, 0.3) is 0 Å². The number of sulfonamides is 1. The molecule has 138 valence electrons. The predicted octanol–water partition coefficient (Wildman–Crippen LogP) is 1.09. The molecule has 2 atom stereocenters. The van der Waals surface area contributed by atoms with Crippen LogP contribution in [-0.2, 0) is 14.8 Å². The molecule has 1 aliphatic carbocycles. The Morgan fingerprint density at radius 2 is 1.92 bits per heavy atom. The molecule has 7 heteroatoms. The minimum atomic E-state index is -3.06. The van der Waals surface area contributed by atoms with Gasteiger partial charge in [0.05, 0.1) is 5.25 Å². The van der Waals surface area contributed by atoms with Crippen molar-refractivity contribution < 1.29 is 13.2 Å². The summed E-state index contributed by atoms with van der Waals surface area (Å²) in [5.74, 6) is 1.11. The van der Waals surface area contributed by atoms with Gasteiger partial charge in [0.2, 0.25) is 15.9 Å². The number of nitrogens with one attached hydrogen (secondary N) is 2. The molecule has 0 aromatic heterocycles. The maximum Gasteiger partial charge on any atom is 0.220 e. The largest absolute Gasteiger partial charge is 0.353 e. The summed E-state index contributed by atoms with van der Waals surface area (Å²) in [4.78, 5) is 12.3. The van der Waals surface area contributed by atoms with Crippen molar-refractivity contribution in [3.05, 3.63) is 0 Å². The molecule has 2 N–H and O–H groups in total. The minimum Gasteiger partial charge on any atom is -0.353 e. The Labute approximate surface area is 145 Å². The molecule has 3 rings (SSSR count). The molecule has 6 nitrogen and oxygen atoms in total. The SMILES string of the molecule is CC(CC(=O)NC1CCN(S(=O)(=O)C2CC2)CC1)C1CCCNC1. The van der Waals surface area contributed by atoms with Crippen LogP contribution in [0.1, 0.15) is 51.9 Å². The number of hydrogen-bond acceptors (Lipinski definition) is 4. The molecule has 0 aromatic carbocycles. The summed E-state index contributed by atoms with van der Waals surface area (Å²) in [7, 11) is -3.06. The summed E-state index contributed by atoms with van der Waals surface area (Å²) in [6.07, 6.45) is 6.07. The molecular weight excluding hydrogens is 326 g/mol. The van der Waals surface area contributed by atoms with Crippen molar-refractivity contribution >= 4 is 15.9 Å². The van der Waals surface area contributed by atoms with Gasteiger partial charge in [-0.1, -0.05) is 6.92 Å². The Morgan fingerprint density at radius 3 is 2.50 bits per heavy atom. The highest BCUT2D eigenvalue weighted by Crippen LogP contribution is 2.32. The van der Waals surface area contributed by atoms with E-state index in [1.807, 2.05) is 0 Å². The van der Waals surface area contributed by atoms with Gasteiger partial charge in [-0.25, -0.2) is 12.7 Å². The highest BCUT2D eigenvalue weighted by molar-refractivity contribution is 7.90. The van der Waals surface area contributed by atoms with Crippen LogP contribution in [-0.4, -0.2) is 56.1 Å². The molecule has 24 heavy (non-hydrogen) atoms. The van der Waals surface area contributed by atoms with E-state index >= 15 is 0 Å². The van der Waals surface area contributed by atoms with E-state index in [4.69, 9.17) is 0 Å². The standard InChI is InChI=1S/C17H31N3O3S/c1-13(14-3-2-8-18-12-14)11-17(21)19-15-6-9-20(10-7-15)24(22,23)16-4-5-16/h13-16,18H,2-12H2,1H3,(H,19,21). The first-order valence-electron chi connectivity index (χ1n) is 9.46. The van der Waals surface area contributed by atoms with Gasteiger partial charge in [0.15, 0.2) is 0 Å². The van der Waals surface area contributed by atoms with E-state index in [9.17, 15) is 13.2 Å². The van der Waals surface area contributed by atoms with Crippen LogP contribution in [0.4, 0.5) is 0 Å². The van der Waals surface area contributed by atoms with Gasteiger partial charge in [0, 0.05) is 25.6 Å². The molecule has 0 spiro atoms. The summed E-state index contributed by atoms with van der Waals surface area (Å²) in [5.41, 5.74) is 0. The summed E-state index contributed by atoms with van der Waals surface area (Å²) in [5, 5.41) is 6.40. The van der Waals surface area contributed by atoms with E-state index in [2.05, 4.69) is 17.6 Å². The Hall–Kier alpha value is -0.660. The number of carbonyl (C=O) groups is 1. The molecular formula is C17H31N3O3S. The van der Waals surface area contributed by atoms with Crippen LogP contribution in [0.25, 0.3) is 0 Å². The van der Waals surface area contributed by atoms with Gasteiger partial charge < -0.3 is 10.6 Å². The highest BCUT2D eigenvalue weighted by atomic mass is 32.2. The zero-order chi connectivity index (χ0) is 17.2. The Bertz CT molecular complexity index is 533. The third-order valence-corrected chi connectivity index (χ3v) is 8.17. The van der Waals surface area contributed by atoms with Crippen molar-refractivity contribution in [2.45, 2.75) is 63.2 Å². The van der Waals surface area contributed by atoms with Gasteiger partial charge in [-0.15, -0.1) is 0 Å². The quantitative estimate of drug-likeness (QED) is 0.746. The van der Waals surface area contributed by atoms with Crippen LogP contribution in [0.3, 0.4) is 0 Å². The number of hydrogen-bond donors (Lipinski definition) is 2. The molecule has 3 fully saturated rings. The normalized spacial score (nSPS) is 28.5. The van der Waals surface area contributed by atoms with Gasteiger partial charge >= 0.3 is 0 Å². The van der Waals surface area contributed by atoms with Crippen molar-refractivity contribution in [3.63, 3.8) is 0 Å². The van der Waals surface area contributed by atoms with Crippen LogP contribution in [0.5, 0.6) is 0 Å². The van der Waals surface area contributed by atoms with Gasteiger partial charge in [-0.05, 0) is 63.5 Å². The van der Waals surface area contributed by atoms with E-state index in [0.717, 1.165) is 38.8 Å². The molecule has 2 aliphatic heterocycles. The van der Waals surface area contributed by atoms with Crippen molar-refractivity contribution in [1.29, 1.82) is 0 Å². The fraction of sp³-hybridized carbons (Fsp3) is 0.941. The van der Waals surface area contributed by atoms with Crippen molar-refractivity contribution in [2.75, 3.05) is 26.2 Å². The summed E-state index contributed by atoms with van der Waals surface area (Å²) in [6.45, 7) is 5.38. The molecule has 2 unspecified atom stereocenters. The molecule has 0 aromatic rings. The molecule has 1 saturated carbocycles. The van der Waals surface area contributed by atoms with E-state index in [-0.39, 0.29) is 17.2 Å². The maximum atomic E-state index is 12.3. The van der Waals surface area contributed by atoms with Crippen LogP contribution in [0, 0.1) is 11.8 Å². The van der Waals surface area contributed by atoms with E-state index in [0.29, 0.717) is 31.3 Å². The average Bonchev–Trinajstić information content (AvgIpc) is 3.41. The lowest BCUT2D eigenvalue weighted by molar-refractivity contribution is -0.123.